The predicted octanol–water partition coefficient (Wildman–Crippen LogP) is 3.53. The van der Waals surface area contributed by atoms with Gasteiger partial charge in [0.15, 0.2) is 0 Å². The monoisotopic (exact) mass is 374 g/mol. The van der Waals surface area contributed by atoms with Gasteiger partial charge < -0.3 is 14.9 Å². The van der Waals surface area contributed by atoms with Gasteiger partial charge in [0.05, 0.1) is 0 Å². The Labute approximate surface area is 163 Å². The molecular formula is C23H22N2O3. The third kappa shape index (κ3) is 3.69. The van der Waals surface area contributed by atoms with Crippen LogP contribution in [0, 0.1) is 0 Å². The van der Waals surface area contributed by atoms with Gasteiger partial charge in [0.25, 0.3) is 11.8 Å². The maximum Gasteiger partial charge on any atom is 0.253 e. The maximum atomic E-state index is 13.0. The molecule has 28 heavy (non-hydrogen) atoms. The summed E-state index contributed by atoms with van der Waals surface area (Å²) in [6.45, 7) is 2.25. The van der Waals surface area contributed by atoms with Crippen molar-refractivity contribution >= 4 is 22.6 Å². The zero-order chi connectivity index (χ0) is 19.5. The Morgan fingerprint density at radius 3 is 1.93 bits per heavy atom. The highest BCUT2D eigenvalue weighted by Crippen LogP contribution is 2.18. The van der Waals surface area contributed by atoms with Gasteiger partial charge in [-0.15, -0.1) is 0 Å². The van der Waals surface area contributed by atoms with Crippen molar-refractivity contribution in [2.75, 3.05) is 26.2 Å². The zero-order valence-corrected chi connectivity index (χ0v) is 15.5. The Morgan fingerprint density at radius 2 is 1.25 bits per heavy atom. The number of rotatable bonds is 2. The lowest BCUT2D eigenvalue weighted by atomic mass is 10.1. The number of phenolic OH excluding ortho intramolecular Hbond substituents is 1. The topological polar surface area (TPSA) is 60.9 Å². The van der Waals surface area contributed by atoms with E-state index in [4.69, 9.17) is 0 Å². The Bertz CT molecular complexity index is 1010. The molecule has 0 saturated carbocycles. The molecule has 1 saturated heterocycles. The smallest absolute Gasteiger partial charge is 0.253 e. The first kappa shape index (κ1) is 18.0. The summed E-state index contributed by atoms with van der Waals surface area (Å²) in [5, 5.41) is 11.6. The second-order valence-electron chi connectivity index (χ2n) is 7.05. The highest BCUT2D eigenvalue weighted by molar-refractivity contribution is 5.99. The number of fused-ring (bicyclic) bond motifs is 1. The average molecular weight is 374 g/mol. The summed E-state index contributed by atoms with van der Waals surface area (Å²) in [6.07, 6.45) is 0.739. The lowest BCUT2D eigenvalue weighted by Gasteiger charge is -2.22. The molecule has 2 amide bonds. The molecule has 3 aromatic carbocycles. The largest absolute Gasteiger partial charge is 0.508 e. The number of phenols is 1. The molecule has 0 spiro atoms. The molecule has 1 aliphatic rings. The summed E-state index contributed by atoms with van der Waals surface area (Å²) in [6, 6.07) is 20.0. The minimum Gasteiger partial charge on any atom is -0.508 e. The second kappa shape index (κ2) is 7.72. The molecule has 1 aliphatic heterocycles. The number of hydrogen-bond acceptors (Lipinski definition) is 3. The van der Waals surface area contributed by atoms with Crippen LogP contribution in [0.4, 0.5) is 0 Å². The summed E-state index contributed by atoms with van der Waals surface area (Å²) < 4.78 is 0. The molecule has 0 unspecified atom stereocenters. The quantitative estimate of drug-likeness (QED) is 0.746. The normalized spacial score (nSPS) is 14.7. The van der Waals surface area contributed by atoms with Crippen molar-refractivity contribution in [2.45, 2.75) is 6.42 Å². The van der Waals surface area contributed by atoms with E-state index >= 15 is 0 Å². The molecule has 142 valence electrons. The molecule has 4 rings (SSSR count). The van der Waals surface area contributed by atoms with Gasteiger partial charge in [0.1, 0.15) is 5.75 Å². The summed E-state index contributed by atoms with van der Waals surface area (Å²) in [7, 11) is 0. The van der Waals surface area contributed by atoms with E-state index in [9.17, 15) is 14.7 Å². The first-order valence-electron chi connectivity index (χ1n) is 9.48. The van der Waals surface area contributed by atoms with E-state index in [1.807, 2.05) is 47.4 Å². The van der Waals surface area contributed by atoms with Gasteiger partial charge >= 0.3 is 0 Å². The predicted molar refractivity (Wildman–Crippen MR) is 108 cm³/mol. The number of carbonyl (C=O) groups is 2. The second-order valence-corrected chi connectivity index (χ2v) is 7.05. The van der Waals surface area contributed by atoms with Gasteiger partial charge in [-0.05, 0) is 53.6 Å². The van der Waals surface area contributed by atoms with Crippen molar-refractivity contribution in [3.05, 3.63) is 77.9 Å². The number of nitrogens with zero attached hydrogens (tertiary/aromatic N) is 2. The Morgan fingerprint density at radius 1 is 0.679 bits per heavy atom. The third-order valence-corrected chi connectivity index (χ3v) is 5.18. The van der Waals surface area contributed by atoms with Crippen molar-refractivity contribution in [2.24, 2.45) is 0 Å². The van der Waals surface area contributed by atoms with E-state index in [1.54, 1.807) is 17.0 Å². The lowest BCUT2D eigenvalue weighted by molar-refractivity contribution is 0.0719. The van der Waals surface area contributed by atoms with Gasteiger partial charge in [-0.1, -0.05) is 30.3 Å². The first-order valence-corrected chi connectivity index (χ1v) is 9.48. The molecule has 0 aliphatic carbocycles. The van der Waals surface area contributed by atoms with Gasteiger partial charge in [0, 0.05) is 37.3 Å². The van der Waals surface area contributed by atoms with Crippen molar-refractivity contribution in [1.82, 2.24) is 9.80 Å². The minimum atomic E-state index is -0.0694. The first-order chi connectivity index (χ1) is 13.6. The number of hydrogen-bond donors (Lipinski definition) is 1. The summed E-state index contributed by atoms with van der Waals surface area (Å²) >= 11 is 0. The van der Waals surface area contributed by atoms with Crippen LogP contribution in [0.25, 0.3) is 10.8 Å². The Balaban J connectivity index is 1.46. The number of benzene rings is 3. The Kier molecular flexibility index (Phi) is 4.98. The zero-order valence-electron chi connectivity index (χ0n) is 15.5. The van der Waals surface area contributed by atoms with Crippen molar-refractivity contribution < 1.29 is 14.7 Å². The fourth-order valence-electron chi connectivity index (χ4n) is 3.62. The molecule has 0 bridgehead atoms. The fraction of sp³-hybridized carbons (Fsp3) is 0.217. The molecule has 1 fully saturated rings. The van der Waals surface area contributed by atoms with Crippen molar-refractivity contribution in [3.8, 4) is 5.75 Å². The van der Waals surface area contributed by atoms with Gasteiger partial charge in [0.2, 0.25) is 0 Å². The van der Waals surface area contributed by atoms with E-state index in [-0.39, 0.29) is 17.6 Å². The van der Waals surface area contributed by atoms with E-state index in [1.165, 1.54) is 12.1 Å². The molecule has 5 nitrogen and oxygen atoms in total. The molecule has 0 radical (unpaired) electrons. The third-order valence-electron chi connectivity index (χ3n) is 5.18. The van der Waals surface area contributed by atoms with Gasteiger partial charge in [-0.2, -0.15) is 0 Å². The van der Waals surface area contributed by atoms with Crippen LogP contribution in [0.5, 0.6) is 5.75 Å². The molecular weight excluding hydrogens is 352 g/mol. The standard InChI is InChI=1S/C23H22N2O3/c26-21-10-8-18(9-11-21)22(27)24-12-3-13-25(15-14-24)23(28)20-7-6-17-4-1-2-5-19(17)16-20/h1-2,4-11,16,26H,3,12-15H2. The molecule has 0 atom stereocenters. The lowest BCUT2D eigenvalue weighted by Crippen LogP contribution is -2.37. The highest BCUT2D eigenvalue weighted by atomic mass is 16.3. The minimum absolute atomic E-state index is 0.00434. The van der Waals surface area contributed by atoms with Crippen LogP contribution in [0.3, 0.4) is 0 Å². The van der Waals surface area contributed by atoms with Crippen molar-refractivity contribution in [3.63, 3.8) is 0 Å². The van der Waals surface area contributed by atoms with Crippen LogP contribution in [-0.2, 0) is 0 Å². The van der Waals surface area contributed by atoms with Crippen LogP contribution >= 0.6 is 0 Å². The van der Waals surface area contributed by atoms with Gasteiger partial charge in [-0.3, -0.25) is 9.59 Å². The van der Waals surface area contributed by atoms with Crippen LogP contribution in [-0.4, -0.2) is 52.9 Å². The molecule has 0 aromatic heterocycles. The number of aromatic hydroxyl groups is 1. The summed E-state index contributed by atoms with van der Waals surface area (Å²) in [4.78, 5) is 29.3. The van der Waals surface area contributed by atoms with E-state index in [0.717, 1.165) is 17.2 Å². The molecule has 5 heteroatoms. The maximum absolute atomic E-state index is 13.0. The van der Waals surface area contributed by atoms with Crippen molar-refractivity contribution in [1.29, 1.82) is 0 Å². The number of carbonyl (C=O) groups excluding carboxylic acids is 2. The van der Waals surface area contributed by atoms with Crippen LogP contribution in [0.2, 0.25) is 0 Å². The number of amides is 2. The molecule has 1 N–H and O–H groups in total. The summed E-state index contributed by atoms with van der Waals surface area (Å²) in [5.41, 5.74) is 1.23. The highest BCUT2D eigenvalue weighted by Gasteiger charge is 2.23. The van der Waals surface area contributed by atoms with Crippen LogP contribution in [0.15, 0.2) is 66.7 Å². The van der Waals surface area contributed by atoms with Crippen LogP contribution < -0.4 is 0 Å². The fourth-order valence-corrected chi connectivity index (χ4v) is 3.62. The van der Waals surface area contributed by atoms with E-state index in [2.05, 4.69) is 0 Å². The SMILES string of the molecule is O=C(c1ccc(O)cc1)N1CCCN(C(=O)c2ccc3ccccc3c2)CC1. The van der Waals surface area contributed by atoms with E-state index < -0.39 is 0 Å². The van der Waals surface area contributed by atoms with E-state index in [0.29, 0.717) is 37.3 Å². The Hall–Kier alpha value is -3.34. The molecule has 3 aromatic rings. The van der Waals surface area contributed by atoms with Gasteiger partial charge in [-0.25, -0.2) is 0 Å². The summed E-state index contributed by atoms with van der Waals surface area (Å²) in [5.74, 6) is 0.0734. The van der Waals surface area contributed by atoms with Crippen LogP contribution in [0.1, 0.15) is 27.1 Å². The average Bonchev–Trinajstić information content (AvgIpc) is 2.99. The molecule has 1 heterocycles.